The van der Waals surface area contributed by atoms with Crippen molar-refractivity contribution in [2.45, 2.75) is 12.7 Å². The van der Waals surface area contributed by atoms with Crippen LogP contribution in [0.2, 0.25) is 0 Å². The Balaban J connectivity index is 1.90. The van der Waals surface area contributed by atoms with E-state index in [4.69, 9.17) is 14.2 Å². The first-order chi connectivity index (χ1) is 7.86. The third-order valence-corrected chi connectivity index (χ3v) is 2.77. The monoisotopic (exact) mass is 232 g/mol. The summed E-state index contributed by atoms with van der Waals surface area (Å²) in [4.78, 5) is 2.44. The van der Waals surface area contributed by atoms with Gasteiger partial charge in [-0.3, -0.25) is 4.90 Å². The number of nitrogens with one attached hydrogen (secondary N) is 1. The molecule has 5 heteroatoms. The molecular weight excluding hydrogens is 208 g/mol. The van der Waals surface area contributed by atoms with Crippen molar-refractivity contribution in [1.82, 2.24) is 10.2 Å². The van der Waals surface area contributed by atoms with Gasteiger partial charge in [-0.05, 0) is 19.5 Å². The first-order valence-electron chi connectivity index (χ1n) is 5.93. The van der Waals surface area contributed by atoms with E-state index in [1.807, 2.05) is 0 Å². The van der Waals surface area contributed by atoms with E-state index in [0.29, 0.717) is 0 Å². The first kappa shape index (κ1) is 13.9. The van der Waals surface area contributed by atoms with Crippen molar-refractivity contribution in [3.63, 3.8) is 0 Å². The van der Waals surface area contributed by atoms with Crippen LogP contribution in [-0.2, 0) is 14.2 Å². The highest BCUT2D eigenvalue weighted by atomic mass is 16.7. The summed E-state index contributed by atoms with van der Waals surface area (Å²) < 4.78 is 15.5. The second-order valence-corrected chi connectivity index (χ2v) is 3.91. The number of methoxy groups -OCH3 is 2. The smallest absolute Gasteiger partial charge is 0.169 e. The molecule has 0 aromatic rings. The Kier molecular flexibility index (Phi) is 7.71. The van der Waals surface area contributed by atoms with Crippen molar-refractivity contribution < 1.29 is 14.2 Å². The fourth-order valence-electron chi connectivity index (χ4n) is 1.74. The van der Waals surface area contributed by atoms with Crippen LogP contribution in [-0.4, -0.2) is 71.3 Å². The summed E-state index contributed by atoms with van der Waals surface area (Å²) in [7, 11) is 3.31. The van der Waals surface area contributed by atoms with E-state index in [-0.39, 0.29) is 6.29 Å². The largest absolute Gasteiger partial charge is 0.379 e. The Bertz CT molecular complexity index is 159. The standard InChI is InChI=1S/C11H24N2O3/c1-14-11(15-2)10-12-4-3-5-13-6-8-16-9-7-13/h11-12H,3-10H2,1-2H3. The molecule has 0 radical (unpaired) electrons. The minimum absolute atomic E-state index is 0.136. The van der Waals surface area contributed by atoms with Crippen LogP contribution in [0, 0.1) is 0 Å². The third-order valence-electron chi connectivity index (χ3n) is 2.77. The molecule has 1 aliphatic heterocycles. The van der Waals surface area contributed by atoms with Crippen molar-refractivity contribution in [3.8, 4) is 0 Å². The van der Waals surface area contributed by atoms with Crippen LogP contribution in [0.25, 0.3) is 0 Å². The van der Waals surface area contributed by atoms with Gasteiger partial charge >= 0.3 is 0 Å². The van der Waals surface area contributed by atoms with Gasteiger partial charge < -0.3 is 19.5 Å². The highest BCUT2D eigenvalue weighted by Crippen LogP contribution is 1.97. The Labute approximate surface area is 98.0 Å². The topological polar surface area (TPSA) is 43.0 Å². The normalized spacial score (nSPS) is 18.2. The van der Waals surface area contributed by atoms with Crippen molar-refractivity contribution in [1.29, 1.82) is 0 Å². The molecular formula is C11H24N2O3. The summed E-state index contributed by atoms with van der Waals surface area (Å²) in [6, 6.07) is 0. The van der Waals surface area contributed by atoms with Crippen LogP contribution in [0.1, 0.15) is 6.42 Å². The molecule has 0 atom stereocenters. The molecule has 0 aromatic carbocycles. The van der Waals surface area contributed by atoms with E-state index in [2.05, 4.69) is 10.2 Å². The lowest BCUT2D eigenvalue weighted by Gasteiger charge is -2.26. The lowest BCUT2D eigenvalue weighted by Crippen LogP contribution is -2.38. The summed E-state index contributed by atoms with van der Waals surface area (Å²) in [6.07, 6.45) is 1.02. The van der Waals surface area contributed by atoms with E-state index in [9.17, 15) is 0 Å². The number of rotatable bonds is 8. The fraction of sp³-hybridized carbons (Fsp3) is 1.00. The van der Waals surface area contributed by atoms with Gasteiger partial charge in [-0.15, -0.1) is 0 Å². The van der Waals surface area contributed by atoms with Crippen LogP contribution in [0.5, 0.6) is 0 Å². The SMILES string of the molecule is COC(CNCCCN1CCOCC1)OC. The van der Waals surface area contributed by atoms with Crippen molar-refractivity contribution in [2.75, 3.05) is 60.2 Å². The third kappa shape index (κ3) is 5.77. The molecule has 16 heavy (non-hydrogen) atoms. The number of hydrogen-bond donors (Lipinski definition) is 1. The van der Waals surface area contributed by atoms with Gasteiger partial charge in [0, 0.05) is 33.9 Å². The maximum Gasteiger partial charge on any atom is 0.169 e. The second-order valence-electron chi connectivity index (χ2n) is 3.91. The molecule has 0 aromatic heterocycles. The maximum atomic E-state index is 5.30. The first-order valence-corrected chi connectivity index (χ1v) is 5.93. The average molecular weight is 232 g/mol. The van der Waals surface area contributed by atoms with Gasteiger partial charge in [0.2, 0.25) is 0 Å². The lowest BCUT2D eigenvalue weighted by molar-refractivity contribution is -0.0987. The molecule has 1 aliphatic rings. The number of nitrogens with zero attached hydrogens (tertiary/aromatic N) is 1. The number of hydrogen-bond acceptors (Lipinski definition) is 5. The minimum Gasteiger partial charge on any atom is -0.379 e. The highest BCUT2D eigenvalue weighted by molar-refractivity contribution is 4.62. The van der Waals surface area contributed by atoms with Crippen LogP contribution < -0.4 is 5.32 Å². The molecule has 0 bridgehead atoms. The summed E-state index contributed by atoms with van der Waals surface area (Å²) in [6.45, 7) is 6.78. The van der Waals surface area contributed by atoms with E-state index >= 15 is 0 Å². The molecule has 0 unspecified atom stereocenters. The zero-order valence-corrected chi connectivity index (χ0v) is 10.4. The van der Waals surface area contributed by atoms with Gasteiger partial charge in [-0.25, -0.2) is 0 Å². The predicted molar refractivity (Wildman–Crippen MR) is 62.6 cm³/mol. The Morgan fingerprint density at radius 3 is 2.56 bits per heavy atom. The van der Waals surface area contributed by atoms with Crippen molar-refractivity contribution in [2.24, 2.45) is 0 Å². The van der Waals surface area contributed by atoms with E-state index < -0.39 is 0 Å². The fourth-order valence-corrected chi connectivity index (χ4v) is 1.74. The number of morpholine rings is 1. The summed E-state index contributed by atoms with van der Waals surface area (Å²) >= 11 is 0. The van der Waals surface area contributed by atoms with E-state index in [0.717, 1.165) is 52.4 Å². The molecule has 0 spiro atoms. The quantitative estimate of drug-likeness (QED) is 0.468. The zero-order chi connectivity index (χ0) is 11.6. The molecule has 1 saturated heterocycles. The van der Waals surface area contributed by atoms with Gasteiger partial charge in [-0.2, -0.15) is 0 Å². The van der Waals surface area contributed by atoms with Crippen LogP contribution in [0.3, 0.4) is 0 Å². The molecule has 0 amide bonds. The molecule has 1 N–H and O–H groups in total. The maximum absolute atomic E-state index is 5.30. The van der Waals surface area contributed by atoms with Gasteiger partial charge in [0.1, 0.15) is 0 Å². The van der Waals surface area contributed by atoms with Gasteiger partial charge in [-0.1, -0.05) is 0 Å². The van der Waals surface area contributed by atoms with Gasteiger partial charge in [0.05, 0.1) is 13.2 Å². The molecule has 1 fully saturated rings. The Morgan fingerprint density at radius 1 is 1.25 bits per heavy atom. The highest BCUT2D eigenvalue weighted by Gasteiger charge is 2.09. The number of ether oxygens (including phenoxy) is 3. The van der Waals surface area contributed by atoms with Crippen LogP contribution in [0.15, 0.2) is 0 Å². The van der Waals surface area contributed by atoms with Crippen LogP contribution >= 0.6 is 0 Å². The lowest BCUT2D eigenvalue weighted by atomic mass is 10.3. The summed E-state index contributed by atoms with van der Waals surface area (Å²) in [5.74, 6) is 0. The van der Waals surface area contributed by atoms with E-state index in [1.54, 1.807) is 14.2 Å². The zero-order valence-electron chi connectivity index (χ0n) is 10.4. The Hall–Kier alpha value is -0.200. The molecule has 1 heterocycles. The van der Waals surface area contributed by atoms with Crippen molar-refractivity contribution in [3.05, 3.63) is 0 Å². The minimum atomic E-state index is -0.136. The Morgan fingerprint density at radius 2 is 1.94 bits per heavy atom. The molecule has 0 aliphatic carbocycles. The predicted octanol–water partition coefficient (Wildman–Crippen LogP) is -0.0828. The second kappa shape index (κ2) is 8.90. The average Bonchev–Trinajstić information content (AvgIpc) is 2.35. The summed E-state index contributed by atoms with van der Waals surface area (Å²) in [5, 5.41) is 3.32. The van der Waals surface area contributed by atoms with Gasteiger partial charge in [0.15, 0.2) is 6.29 Å². The molecule has 96 valence electrons. The molecule has 0 saturated carbocycles. The molecule has 1 rings (SSSR count). The van der Waals surface area contributed by atoms with E-state index in [1.165, 1.54) is 0 Å². The molecule has 5 nitrogen and oxygen atoms in total. The summed E-state index contributed by atoms with van der Waals surface area (Å²) in [5.41, 5.74) is 0. The van der Waals surface area contributed by atoms with Crippen LogP contribution in [0.4, 0.5) is 0 Å². The van der Waals surface area contributed by atoms with Gasteiger partial charge in [0.25, 0.3) is 0 Å². The van der Waals surface area contributed by atoms with Crippen molar-refractivity contribution >= 4 is 0 Å².